The van der Waals surface area contributed by atoms with Crippen molar-refractivity contribution >= 4 is 66.8 Å². The van der Waals surface area contributed by atoms with Gasteiger partial charge in [-0.25, -0.2) is 10.4 Å². The molecule has 1 heterocycles. The summed E-state index contributed by atoms with van der Waals surface area (Å²) >= 11 is 8.26. The van der Waals surface area contributed by atoms with Crippen molar-refractivity contribution in [1.29, 1.82) is 0 Å². The Kier molecular flexibility index (Phi) is 6.92. The third-order valence-corrected chi connectivity index (χ3v) is 5.47. The van der Waals surface area contributed by atoms with Gasteiger partial charge in [-0.2, -0.15) is 5.10 Å². The standard InChI is InChI=1S/C18H16Br2N4O2S/c1-2-26-17-12(19)7-11(8-13(17)20)9-21-24-16(25)10-27-18-22-14-5-3-4-6-15(14)23-18/h3-9H,2,10H2,1H3,(H,22,23)(H,24,25)/b21-9-. The third-order valence-electron chi connectivity index (χ3n) is 3.42. The number of carbonyl (C=O) groups is 1. The van der Waals surface area contributed by atoms with Crippen LogP contribution in [0, 0.1) is 0 Å². The second kappa shape index (κ2) is 9.38. The number of nitrogens with zero attached hydrogens (tertiary/aromatic N) is 2. The molecule has 9 heteroatoms. The van der Waals surface area contributed by atoms with E-state index in [1.165, 1.54) is 11.8 Å². The van der Waals surface area contributed by atoms with Crippen molar-refractivity contribution in [2.75, 3.05) is 12.4 Å². The summed E-state index contributed by atoms with van der Waals surface area (Å²) in [7, 11) is 0. The molecule has 0 unspecified atom stereocenters. The summed E-state index contributed by atoms with van der Waals surface area (Å²) in [5.41, 5.74) is 5.17. The van der Waals surface area contributed by atoms with Crippen LogP contribution in [0.2, 0.25) is 0 Å². The first-order chi connectivity index (χ1) is 13.1. The second-order valence-corrected chi connectivity index (χ2v) is 8.06. The van der Waals surface area contributed by atoms with Crippen molar-refractivity contribution in [1.82, 2.24) is 15.4 Å². The van der Waals surface area contributed by atoms with E-state index in [-0.39, 0.29) is 11.7 Å². The lowest BCUT2D eigenvalue weighted by molar-refractivity contribution is -0.118. The zero-order chi connectivity index (χ0) is 19.2. The first kappa shape index (κ1) is 19.9. The Morgan fingerprint density at radius 3 is 2.78 bits per heavy atom. The Labute approximate surface area is 177 Å². The Balaban J connectivity index is 1.54. The predicted molar refractivity (Wildman–Crippen MR) is 116 cm³/mol. The summed E-state index contributed by atoms with van der Waals surface area (Å²) in [4.78, 5) is 19.6. The molecule has 6 nitrogen and oxygen atoms in total. The van der Waals surface area contributed by atoms with E-state index in [1.54, 1.807) is 6.21 Å². The average Bonchev–Trinajstić information content (AvgIpc) is 3.06. The number of imidazole rings is 1. The van der Waals surface area contributed by atoms with Crippen LogP contribution in [0.1, 0.15) is 12.5 Å². The molecule has 27 heavy (non-hydrogen) atoms. The maximum atomic E-state index is 12.0. The minimum Gasteiger partial charge on any atom is -0.492 e. The highest BCUT2D eigenvalue weighted by molar-refractivity contribution is 9.11. The van der Waals surface area contributed by atoms with Gasteiger partial charge in [0, 0.05) is 0 Å². The van der Waals surface area contributed by atoms with Crippen molar-refractivity contribution in [3.63, 3.8) is 0 Å². The summed E-state index contributed by atoms with van der Waals surface area (Å²) in [6.07, 6.45) is 1.58. The minimum absolute atomic E-state index is 0.208. The number of nitrogens with one attached hydrogen (secondary N) is 2. The molecule has 0 spiro atoms. The Bertz CT molecular complexity index is 934. The lowest BCUT2D eigenvalue weighted by Crippen LogP contribution is -2.19. The van der Waals surface area contributed by atoms with Crippen molar-refractivity contribution in [3.8, 4) is 5.75 Å². The van der Waals surface area contributed by atoms with E-state index >= 15 is 0 Å². The molecule has 2 aromatic carbocycles. The van der Waals surface area contributed by atoms with E-state index < -0.39 is 0 Å². The van der Waals surface area contributed by atoms with Crippen LogP contribution >= 0.6 is 43.6 Å². The van der Waals surface area contributed by atoms with Gasteiger partial charge in [0.25, 0.3) is 5.91 Å². The van der Waals surface area contributed by atoms with Crippen LogP contribution in [0.4, 0.5) is 0 Å². The highest BCUT2D eigenvalue weighted by atomic mass is 79.9. The second-order valence-electron chi connectivity index (χ2n) is 5.39. The number of para-hydroxylation sites is 2. The van der Waals surface area contributed by atoms with Crippen LogP contribution in [0.15, 0.2) is 55.6 Å². The number of fused-ring (bicyclic) bond motifs is 1. The van der Waals surface area contributed by atoms with Gasteiger partial charge in [-0.3, -0.25) is 4.79 Å². The number of thioether (sulfide) groups is 1. The normalized spacial score (nSPS) is 11.2. The zero-order valence-electron chi connectivity index (χ0n) is 14.3. The largest absolute Gasteiger partial charge is 0.492 e. The molecular weight excluding hydrogens is 496 g/mol. The van der Waals surface area contributed by atoms with Gasteiger partial charge < -0.3 is 9.72 Å². The van der Waals surface area contributed by atoms with Gasteiger partial charge in [-0.05, 0) is 68.6 Å². The van der Waals surface area contributed by atoms with Crippen LogP contribution in [-0.4, -0.2) is 34.4 Å². The number of rotatable bonds is 7. The minimum atomic E-state index is -0.208. The summed E-state index contributed by atoms with van der Waals surface area (Å²) in [6.45, 7) is 2.50. The molecule has 0 aliphatic carbocycles. The fourth-order valence-electron chi connectivity index (χ4n) is 2.28. The van der Waals surface area contributed by atoms with Crippen LogP contribution < -0.4 is 10.2 Å². The van der Waals surface area contributed by atoms with E-state index in [0.717, 1.165) is 31.3 Å². The molecule has 0 radical (unpaired) electrons. The number of aromatic nitrogens is 2. The van der Waals surface area contributed by atoms with Gasteiger partial charge in [0.15, 0.2) is 5.16 Å². The van der Waals surface area contributed by atoms with Gasteiger partial charge in [-0.15, -0.1) is 0 Å². The van der Waals surface area contributed by atoms with E-state index in [1.807, 2.05) is 43.3 Å². The number of carbonyl (C=O) groups excluding carboxylic acids is 1. The van der Waals surface area contributed by atoms with Gasteiger partial charge in [-0.1, -0.05) is 23.9 Å². The molecule has 0 aliphatic heterocycles. The molecule has 1 amide bonds. The average molecular weight is 512 g/mol. The fourth-order valence-corrected chi connectivity index (χ4v) is 4.41. The topological polar surface area (TPSA) is 79.4 Å². The van der Waals surface area contributed by atoms with Crippen molar-refractivity contribution < 1.29 is 9.53 Å². The summed E-state index contributed by atoms with van der Waals surface area (Å²) in [6, 6.07) is 11.5. The predicted octanol–water partition coefficient (Wildman–Crippen LogP) is 4.73. The number of benzene rings is 2. The van der Waals surface area contributed by atoms with Gasteiger partial charge in [0.2, 0.25) is 0 Å². The Morgan fingerprint density at radius 1 is 1.33 bits per heavy atom. The molecule has 0 atom stereocenters. The highest BCUT2D eigenvalue weighted by Crippen LogP contribution is 2.34. The summed E-state index contributed by atoms with van der Waals surface area (Å²) < 4.78 is 7.17. The van der Waals surface area contributed by atoms with E-state index in [9.17, 15) is 4.79 Å². The maximum absolute atomic E-state index is 12.0. The molecule has 1 aromatic heterocycles. The van der Waals surface area contributed by atoms with Crippen molar-refractivity contribution in [2.45, 2.75) is 12.1 Å². The summed E-state index contributed by atoms with van der Waals surface area (Å²) in [5.74, 6) is 0.745. The number of amides is 1. The van der Waals surface area contributed by atoms with Gasteiger partial charge in [0.05, 0.1) is 38.6 Å². The molecule has 3 rings (SSSR count). The monoisotopic (exact) mass is 510 g/mol. The van der Waals surface area contributed by atoms with Crippen LogP contribution in [0.3, 0.4) is 0 Å². The first-order valence-corrected chi connectivity index (χ1v) is 10.6. The fraction of sp³-hybridized carbons (Fsp3) is 0.167. The number of hydrogen-bond donors (Lipinski definition) is 2. The van der Waals surface area contributed by atoms with Crippen molar-refractivity contribution in [2.24, 2.45) is 5.10 Å². The maximum Gasteiger partial charge on any atom is 0.250 e. The van der Waals surface area contributed by atoms with E-state index in [0.29, 0.717) is 11.8 Å². The zero-order valence-corrected chi connectivity index (χ0v) is 18.3. The number of hydrogen-bond acceptors (Lipinski definition) is 5. The number of H-pyrrole nitrogens is 1. The molecule has 0 aliphatic rings. The molecule has 2 N–H and O–H groups in total. The van der Waals surface area contributed by atoms with Crippen molar-refractivity contribution in [3.05, 3.63) is 50.9 Å². The third kappa shape index (κ3) is 5.33. The smallest absolute Gasteiger partial charge is 0.250 e. The molecule has 0 saturated heterocycles. The molecule has 0 bridgehead atoms. The molecular formula is C18H16Br2N4O2S. The Hall–Kier alpha value is -1.84. The lowest BCUT2D eigenvalue weighted by Gasteiger charge is -2.09. The van der Waals surface area contributed by atoms with E-state index in [2.05, 4.69) is 52.4 Å². The molecule has 3 aromatic rings. The SMILES string of the molecule is CCOc1c(Br)cc(/C=N\NC(=O)CSc2nc3ccccc3[nH]2)cc1Br. The van der Waals surface area contributed by atoms with E-state index in [4.69, 9.17) is 4.74 Å². The summed E-state index contributed by atoms with van der Waals surface area (Å²) in [5, 5.41) is 4.71. The van der Waals surface area contributed by atoms with Gasteiger partial charge >= 0.3 is 0 Å². The van der Waals surface area contributed by atoms with Gasteiger partial charge in [0.1, 0.15) is 5.75 Å². The number of ether oxygens (including phenoxy) is 1. The van der Waals surface area contributed by atoms with Crippen LogP contribution in [0.25, 0.3) is 11.0 Å². The first-order valence-electron chi connectivity index (χ1n) is 8.08. The Morgan fingerprint density at radius 2 is 2.07 bits per heavy atom. The quantitative estimate of drug-likeness (QED) is 0.273. The molecule has 0 fully saturated rings. The van der Waals surface area contributed by atoms with Crippen LogP contribution in [0.5, 0.6) is 5.75 Å². The lowest BCUT2D eigenvalue weighted by atomic mass is 10.2. The number of aromatic amines is 1. The number of hydrazone groups is 1. The highest BCUT2D eigenvalue weighted by Gasteiger charge is 2.08. The molecule has 140 valence electrons. The van der Waals surface area contributed by atoms with Crippen LogP contribution in [-0.2, 0) is 4.79 Å². The number of halogens is 2. The molecule has 0 saturated carbocycles.